The number of carbonyl (C=O) groups excluding carboxylic acids is 1. The third kappa shape index (κ3) is 3.89. The van der Waals surface area contributed by atoms with Crippen LogP contribution >= 0.6 is 11.6 Å². The first-order chi connectivity index (χ1) is 15.1. The van der Waals surface area contributed by atoms with Crippen LogP contribution in [0.4, 0.5) is 5.82 Å². The number of likely N-dealkylation sites (tertiary alicyclic amines) is 1. The maximum atomic E-state index is 12.4. The number of fused-ring (bicyclic) bond motifs is 2. The Balaban J connectivity index is 1.36. The highest BCUT2D eigenvalue weighted by molar-refractivity contribution is 6.29. The summed E-state index contributed by atoms with van der Waals surface area (Å²) in [6.45, 7) is 5.72. The average molecular weight is 434 g/mol. The number of halogens is 1. The van der Waals surface area contributed by atoms with Gasteiger partial charge in [0.05, 0.1) is 0 Å². The lowest BCUT2D eigenvalue weighted by atomic mass is 9.72. The zero-order chi connectivity index (χ0) is 21.4. The molecule has 1 aliphatic carbocycles. The van der Waals surface area contributed by atoms with Crippen molar-refractivity contribution in [3.05, 3.63) is 77.6 Å². The van der Waals surface area contributed by atoms with E-state index in [2.05, 4.69) is 56.4 Å². The molecule has 2 aromatic heterocycles. The molecule has 0 radical (unpaired) electrons. The number of piperidine rings is 1. The van der Waals surface area contributed by atoms with Crippen LogP contribution in [0.1, 0.15) is 23.5 Å². The van der Waals surface area contributed by atoms with Crippen molar-refractivity contribution in [3.8, 4) is 0 Å². The average Bonchev–Trinajstić information content (AvgIpc) is 3.19. The van der Waals surface area contributed by atoms with Gasteiger partial charge in [0.1, 0.15) is 0 Å². The van der Waals surface area contributed by atoms with Gasteiger partial charge in [-0.25, -0.2) is 0 Å². The van der Waals surface area contributed by atoms with Gasteiger partial charge in [0.2, 0.25) is 5.91 Å². The molecule has 31 heavy (non-hydrogen) atoms. The van der Waals surface area contributed by atoms with Crippen molar-refractivity contribution in [2.24, 2.45) is 5.92 Å². The second-order valence-electron chi connectivity index (χ2n) is 8.29. The van der Waals surface area contributed by atoms with E-state index in [4.69, 9.17) is 11.6 Å². The number of H-pyrrole nitrogens is 1. The number of rotatable bonds is 5. The van der Waals surface area contributed by atoms with Gasteiger partial charge in [-0.2, -0.15) is 0 Å². The molecule has 1 amide bonds. The summed E-state index contributed by atoms with van der Waals surface area (Å²) in [7, 11) is 0. The number of aromatic amines is 1. The molecule has 158 valence electrons. The molecule has 1 saturated heterocycles. The third-order valence-corrected chi connectivity index (χ3v) is 6.58. The third-order valence-electron chi connectivity index (χ3n) is 6.37. The highest BCUT2D eigenvalue weighted by atomic mass is 35.5. The molecule has 1 aromatic carbocycles. The lowest BCUT2D eigenvalue weighted by Gasteiger charge is -2.46. The molecule has 5 rings (SSSR count). The zero-order valence-electron chi connectivity index (χ0n) is 17.1. The van der Waals surface area contributed by atoms with E-state index < -0.39 is 0 Å². The molecule has 7 heteroatoms. The minimum absolute atomic E-state index is 0.215. The van der Waals surface area contributed by atoms with Crippen LogP contribution in [-0.2, 0) is 11.2 Å². The maximum Gasteiger partial charge on any atom is 0.249 e. The van der Waals surface area contributed by atoms with E-state index in [0.29, 0.717) is 22.9 Å². The molecule has 6 nitrogen and oxygen atoms in total. The van der Waals surface area contributed by atoms with Crippen LogP contribution in [0.3, 0.4) is 0 Å². The number of carbonyl (C=O) groups is 1. The molecule has 1 aliphatic heterocycles. The van der Waals surface area contributed by atoms with E-state index in [1.165, 1.54) is 22.0 Å². The first-order valence-electron chi connectivity index (χ1n) is 10.5. The Hall–Kier alpha value is -2.96. The van der Waals surface area contributed by atoms with Gasteiger partial charge in [0.25, 0.3) is 0 Å². The van der Waals surface area contributed by atoms with Gasteiger partial charge in [-0.1, -0.05) is 35.9 Å². The summed E-state index contributed by atoms with van der Waals surface area (Å²) in [5.41, 5.74) is 4.03. The summed E-state index contributed by atoms with van der Waals surface area (Å²) in [5.74, 6) is 0.877. The van der Waals surface area contributed by atoms with E-state index in [1.54, 1.807) is 18.2 Å². The van der Waals surface area contributed by atoms with Gasteiger partial charge in [0.15, 0.2) is 11.0 Å². The Labute approximate surface area is 186 Å². The quantitative estimate of drug-likeness (QED) is 0.464. The normalized spacial score (nSPS) is 23.1. The number of hydrogen-bond acceptors (Lipinski definition) is 4. The van der Waals surface area contributed by atoms with E-state index in [1.807, 2.05) is 12.2 Å². The minimum atomic E-state index is -0.215. The summed E-state index contributed by atoms with van der Waals surface area (Å²) in [4.78, 5) is 18.3. The van der Waals surface area contributed by atoms with Crippen molar-refractivity contribution in [1.29, 1.82) is 0 Å². The largest absolute Gasteiger partial charge is 0.361 e. The standard InChI is InChI=1S/C24H24ClN5O/c1-2-10-30-14-15(6-9-23(31)27-22-8-7-21(25)28-29-22)11-18-17-4-3-5-19-24(17)16(13-26-19)12-20(18)30/h2-9,13,15,18,20,26H,1,10-12,14H2,(H,27,29,31)/b9-6+/t15-,18-,20-/m1/s1. The van der Waals surface area contributed by atoms with Crippen molar-refractivity contribution in [1.82, 2.24) is 20.1 Å². The van der Waals surface area contributed by atoms with Crippen LogP contribution in [0.15, 0.2) is 61.3 Å². The fourth-order valence-corrected chi connectivity index (χ4v) is 5.23. The first kappa shape index (κ1) is 20.0. The molecule has 3 aromatic rings. The second kappa shape index (κ2) is 8.29. The Bertz CT molecular complexity index is 1150. The zero-order valence-corrected chi connectivity index (χ0v) is 17.8. The number of hydrogen-bond donors (Lipinski definition) is 2. The fraction of sp³-hybridized carbons (Fsp3) is 0.292. The fourth-order valence-electron chi connectivity index (χ4n) is 5.12. The van der Waals surface area contributed by atoms with Crippen LogP contribution in [0.5, 0.6) is 0 Å². The molecule has 0 spiro atoms. The van der Waals surface area contributed by atoms with Gasteiger partial charge in [-0.15, -0.1) is 16.8 Å². The topological polar surface area (TPSA) is 73.9 Å². The molecular formula is C24H24ClN5O. The highest BCUT2D eigenvalue weighted by Crippen LogP contribution is 2.44. The number of anilines is 1. The van der Waals surface area contributed by atoms with Gasteiger partial charge in [-0.05, 0) is 54.2 Å². The first-order valence-corrected chi connectivity index (χ1v) is 10.9. The number of benzene rings is 1. The highest BCUT2D eigenvalue weighted by Gasteiger charge is 2.39. The van der Waals surface area contributed by atoms with Gasteiger partial charge < -0.3 is 10.3 Å². The minimum Gasteiger partial charge on any atom is -0.361 e. The Morgan fingerprint density at radius 1 is 1.32 bits per heavy atom. The van der Waals surface area contributed by atoms with E-state index >= 15 is 0 Å². The predicted octanol–water partition coefficient (Wildman–Crippen LogP) is 4.32. The monoisotopic (exact) mass is 433 g/mol. The van der Waals surface area contributed by atoms with Gasteiger partial charge in [-0.3, -0.25) is 9.69 Å². The smallest absolute Gasteiger partial charge is 0.249 e. The lowest BCUT2D eigenvalue weighted by molar-refractivity contribution is -0.112. The number of aromatic nitrogens is 3. The maximum absolute atomic E-state index is 12.4. The number of nitrogens with one attached hydrogen (secondary N) is 2. The SMILES string of the molecule is C=CCN1C[C@H](/C=C/C(=O)Nc2ccc(Cl)nn2)C[C@@H]2c3cccc4[nH]cc(c34)C[C@H]21. The Morgan fingerprint density at radius 3 is 3.03 bits per heavy atom. The summed E-state index contributed by atoms with van der Waals surface area (Å²) in [6, 6.07) is 10.2. The molecule has 1 fully saturated rings. The molecule has 2 N–H and O–H groups in total. The van der Waals surface area contributed by atoms with E-state index in [-0.39, 0.29) is 11.8 Å². The Kier molecular flexibility index (Phi) is 5.34. The van der Waals surface area contributed by atoms with Crippen molar-refractivity contribution in [2.45, 2.75) is 24.8 Å². The van der Waals surface area contributed by atoms with Gasteiger partial charge >= 0.3 is 0 Å². The number of amides is 1. The molecule has 3 heterocycles. The van der Waals surface area contributed by atoms with E-state index in [0.717, 1.165) is 25.9 Å². The molecule has 0 bridgehead atoms. The van der Waals surface area contributed by atoms with E-state index in [9.17, 15) is 4.79 Å². The predicted molar refractivity (Wildman–Crippen MR) is 123 cm³/mol. The van der Waals surface area contributed by atoms with Crippen LogP contribution in [-0.4, -0.2) is 45.1 Å². The molecule has 0 saturated carbocycles. The second-order valence-corrected chi connectivity index (χ2v) is 8.68. The Morgan fingerprint density at radius 2 is 2.23 bits per heavy atom. The van der Waals surface area contributed by atoms with Crippen molar-refractivity contribution >= 4 is 34.2 Å². The molecule has 2 aliphatic rings. The van der Waals surface area contributed by atoms with Crippen LogP contribution in [0.25, 0.3) is 10.9 Å². The number of nitrogens with zero attached hydrogens (tertiary/aromatic N) is 3. The van der Waals surface area contributed by atoms with Crippen LogP contribution < -0.4 is 5.32 Å². The van der Waals surface area contributed by atoms with Crippen molar-refractivity contribution < 1.29 is 4.79 Å². The molecular weight excluding hydrogens is 410 g/mol. The summed E-state index contributed by atoms with van der Waals surface area (Å²) >= 11 is 5.75. The summed E-state index contributed by atoms with van der Waals surface area (Å²) in [6.07, 6.45) is 9.83. The van der Waals surface area contributed by atoms with Crippen molar-refractivity contribution in [3.63, 3.8) is 0 Å². The summed E-state index contributed by atoms with van der Waals surface area (Å²) in [5, 5.41) is 12.0. The lowest BCUT2D eigenvalue weighted by Crippen LogP contribution is -2.49. The van der Waals surface area contributed by atoms with Crippen molar-refractivity contribution in [2.75, 3.05) is 18.4 Å². The van der Waals surface area contributed by atoms with Crippen LogP contribution in [0.2, 0.25) is 5.15 Å². The molecule has 3 atom stereocenters. The van der Waals surface area contributed by atoms with Crippen LogP contribution in [0, 0.1) is 5.92 Å². The van der Waals surface area contributed by atoms with Gasteiger partial charge in [0, 0.05) is 42.1 Å². The summed E-state index contributed by atoms with van der Waals surface area (Å²) < 4.78 is 0. The molecule has 0 unspecified atom stereocenters.